The molecule has 0 unspecified atom stereocenters. The molecular formula is C8H22Cl2Si3. The van der Waals surface area contributed by atoms with Crippen molar-refractivity contribution >= 4 is 45.5 Å². The lowest BCUT2D eigenvalue weighted by Gasteiger charge is -2.46. The predicted octanol–water partition coefficient (Wildman–Crippen LogP) is 3.82. The maximum atomic E-state index is 6.13. The molecule has 0 saturated carbocycles. The molecule has 0 radical (unpaired) electrons. The third-order valence-electron chi connectivity index (χ3n) is 3.97. The maximum Gasteiger partial charge on any atom is 0.0747 e. The molecule has 80 valence electrons. The molecule has 0 aromatic carbocycles. The van der Waals surface area contributed by atoms with Crippen LogP contribution in [-0.2, 0) is 0 Å². The van der Waals surface area contributed by atoms with E-state index < -0.39 is 22.3 Å². The van der Waals surface area contributed by atoms with Gasteiger partial charge in [0.1, 0.15) is 0 Å². The summed E-state index contributed by atoms with van der Waals surface area (Å²) in [7, 11) is -3.50. The summed E-state index contributed by atoms with van der Waals surface area (Å²) in [5.41, 5.74) is 1.69. The van der Waals surface area contributed by atoms with Crippen molar-refractivity contribution in [3.8, 4) is 0 Å². The molecule has 0 saturated heterocycles. The Bertz CT molecular complexity index is 171. The second-order valence-corrected chi connectivity index (χ2v) is 35.8. The Balaban J connectivity index is 5.00. The second-order valence-electron chi connectivity index (χ2n) is 5.70. The van der Waals surface area contributed by atoms with Crippen LogP contribution in [-0.4, -0.2) is 33.3 Å². The van der Waals surface area contributed by atoms with Gasteiger partial charge in [-0.1, -0.05) is 39.3 Å². The molecule has 0 atom stereocenters. The molecule has 0 N–H and O–H groups in total. The standard InChI is InChI=1S/C8H22Cl2Si3/c1-11(2,3)12(4,5)13(6,7-9)8-10/h7-8H2,1-6H3. The lowest BCUT2D eigenvalue weighted by Crippen LogP contribution is -2.72. The summed E-state index contributed by atoms with van der Waals surface area (Å²) in [6, 6.07) is 0. The number of rotatable bonds is 4. The normalized spacial score (nSPS) is 14.8. The Labute approximate surface area is 95.6 Å². The number of halogens is 2. The van der Waals surface area contributed by atoms with Crippen molar-refractivity contribution in [2.24, 2.45) is 0 Å². The highest BCUT2D eigenvalue weighted by Crippen LogP contribution is 2.30. The van der Waals surface area contributed by atoms with E-state index in [9.17, 15) is 0 Å². The van der Waals surface area contributed by atoms with Gasteiger partial charge in [-0.25, -0.2) is 0 Å². The summed E-state index contributed by atoms with van der Waals surface area (Å²) in [6.45, 7) is 14.8. The van der Waals surface area contributed by atoms with E-state index in [2.05, 4.69) is 39.3 Å². The van der Waals surface area contributed by atoms with Gasteiger partial charge in [0, 0.05) is 25.7 Å². The molecule has 13 heavy (non-hydrogen) atoms. The summed E-state index contributed by atoms with van der Waals surface area (Å²) in [4.78, 5) is 0. The average Bonchev–Trinajstić information content (AvgIpc) is 2.00. The minimum atomic E-state index is -1.33. The fourth-order valence-electron chi connectivity index (χ4n) is 1.28. The Morgan fingerprint density at radius 2 is 1.08 bits per heavy atom. The summed E-state index contributed by atoms with van der Waals surface area (Å²) >= 11 is 12.3. The van der Waals surface area contributed by atoms with Crippen LogP contribution in [0.5, 0.6) is 0 Å². The van der Waals surface area contributed by atoms with Crippen molar-refractivity contribution in [2.45, 2.75) is 39.3 Å². The average molecular weight is 273 g/mol. The molecule has 0 aromatic rings. The summed E-state index contributed by atoms with van der Waals surface area (Å²) in [5, 5.41) is 0. The lowest BCUT2D eigenvalue weighted by atomic mass is 11.8. The van der Waals surface area contributed by atoms with E-state index in [1.807, 2.05) is 0 Å². The van der Waals surface area contributed by atoms with Crippen LogP contribution in [0.4, 0.5) is 0 Å². The Morgan fingerprint density at radius 1 is 0.769 bits per heavy atom. The zero-order chi connectivity index (χ0) is 10.9. The van der Waals surface area contributed by atoms with Crippen molar-refractivity contribution < 1.29 is 0 Å². The van der Waals surface area contributed by atoms with Crippen molar-refractivity contribution in [2.75, 3.05) is 11.0 Å². The fourth-order valence-corrected chi connectivity index (χ4v) is 38.0. The van der Waals surface area contributed by atoms with Crippen LogP contribution >= 0.6 is 23.2 Å². The van der Waals surface area contributed by atoms with Gasteiger partial charge >= 0.3 is 0 Å². The maximum absolute atomic E-state index is 6.13. The van der Waals surface area contributed by atoms with E-state index in [1.54, 1.807) is 0 Å². The highest BCUT2D eigenvalue weighted by atomic mass is 35.5. The Kier molecular flexibility index (Phi) is 4.81. The molecule has 0 bridgehead atoms. The van der Waals surface area contributed by atoms with E-state index in [-0.39, 0.29) is 0 Å². The first kappa shape index (κ1) is 14.2. The number of hydrogen-bond donors (Lipinski definition) is 0. The molecule has 0 aromatic heterocycles. The van der Waals surface area contributed by atoms with Crippen LogP contribution in [0.25, 0.3) is 0 Å². The first-order valence-electron chi connectivity index (χ1n) is 4.74. The van der Waals surface area contributed by atoms with Gasteiger partial charge in [0.05, 0.1) is 7.59 Å². The summed E-state index contributed by atoms with van der Waals surface area (Å²) in [6.07, 6.45) is 0. The van der Waals surface area contributed by atoms with Gasteiger partial charge in [-0.2, -0.15) is 0 Å². The molecule has 0 rings (SSSR count). The van der Waals surface area contributed by atoms with Gasteiger partial charge in [-0.05, 0) is 0 Å². The Morgan fingerprint density at radius 3 is 1.15 bits per heavy atom. The highest BCUT2D eigenvalue weighted by Gasteiger charge is 2.51. The quantitative estimate of drug-likeness (QED) is 0.539. The van der Waals surface area contributed by atoms with Crippen molar-refractivity contribution in [3.05, 3.63) is 0 Å². The molecule has 0 aliphatic heterocycles. The van der Waals surface area contributed by atoms with Crippen molar-refractivity contribution in [1.29, 1.82) is 0 Å². The van der Waals surface area contributed by atoms with Crippen LogP contribution in [0.3, 0.4) is 0 Å². The smallest absolute Gasteiger partial charge is 0.0747 e. The van der Waals surface area contributed by atoms with Crippen LogP contribution in [0.15, 0.2) is 0 Å². The van der Waals surface area contributed by atoms with Crippen molar-refractivity contribution in [1.82, 2.24) is 0 Å². The van der Waals surface area contributed by atoms with Gasteiger partial charge in [0.15, 0.2) is 0 Å². The zero-order valence-corrected chi connectivity index (χ0v) is 14.2. The zero-order valence-electron chi connectivity index (χ0n) is 9.67. The first-order valence-corrected chi connectivity index (χ1v) is 17.2. The number of hydrogen-bond acceptors (Lipinski definition) is 0. The van der Waals surface area contributed by atoms with E-state index >= 15 is 0 Å². The molecule has 0 amide bonds. The molecule has 5 heteroatoms. The van der Waals surface area contributed by atoms with Crippen LogP contribution in [0, 0.1) is 0 Å². The van der Waals surface area contributed by atoms with E-state index in [0.717, 1.165) is 11.0 Å². The van der Waals surface area contributed by atoms with Crippen molar-refractivity contribution in [3.63, 3.8) is 0 Å². The topological polar surface area (TPSA) is 0 Å². The third-order valence-corrected chi connectivity index (χ3v) is 50.4. The lowest BCUT2D eigenvalue weighted by molar-refractivity contribution is 1.66. The first-order chi connectivity index (χ1) is 5.62. The molecule has 0 aliphatic rings. The van der Waals surface area contributed by atoms with Gasteiger partial charge in [-0.3, -0.25) is 0 Å². The van der Waals surface area contributed by atoms with E-state index in [1.165, 1.54) is 0 Å². The minimum Gasteiger partial charge on any atom is -0.130 e. The summed E-state index contributed by atoms with van der Waals surface area (Å²) < 4.78 is 0. The molecular weight excluding hydrogens is 251 g/mol. The third kappa shape index (κ3) is 2.62. The van der Waals surface area contributed by atoms with Gasteiger partial charge in [0.25, 0.3) is 0 Å². The summed E-state index contributed by atoms with van der Waals surface area (Å²) in [5.74, 6) is 0. The minimum absolute atomic E-state index is 0.847. The Hall–Kier alpha value is 1.23. The fraction of sp³-hybridized carbons (Fsp3) is 1.00. The molecule has 0 heterocycles. The molecule has 0 spiro atoms. The molecule has 0 nitrogen and oxygen atoms in total. The van der Waals surface area contributed by atoms with Crippen LogP contribution in [0.2, 0.25) is 39.3 Å². The monoisotopic (exact) mass is 272 g/mol. The van der Waals surface area contributed by atoms with E-state index in [4.69, 9.17) is 23.2 Å². The SMILES string of the molecule is C[Si](C)(C)[Si](C)(C)[Si](C)(CCl)CCl. The predicted molar refractivity (Wildman–Crippen MR) is 73.9 cm³/mol. The largest absolute Gasteiger partial charge is 0.130 e. The van der Waals surface area contributed by atoms with Gasteiger partial charge < -0.3 is 0 Å². The molecule has 0 aliphatic carbocycles. The highest BCUT2D eigenvalue weighted by molar-refractivity contribution is 7.69. The second kappa shape index (κ2) is 4.39. The number of alkyl halides is 2. The van der Waals surface area contributed by atoms with Crippen LogP contribution in [0.1, 0.15) is 0 Å². The van der Waals surface area contributed by atoms with E-state index in [0.29, 0.717) is 0 Å². The molecule has 0 fully saturated rings. The van der Waals surface area contributed by atoms with Crippen LogP contribution < -0.4 is 0 Å². The van der Waals surface area contributed by atoms with Gasteiger partial charge in [-0.15, -0.1) is 23.2 Å². The van der Waals surface area contributed by atoms with Gasteiger partial charge in [0.2, 0.25) is 0 Å².